The molecule has 0 saturated heterocycles. The van der Waals surface area contributed by atoms with Crippen LogP contribution >= 0.6 is 0 Å². The Morgan fingerprint density at radius 3 is 2.66 bits per heavy atom. The lowest BCUT2D eigenvalue weighted by atomic mass is 10.1. The number of nitrogens with one attached hydrogen (secondary N) is 1. The molecule has 2 heterocycles. The van der Waals surface area contributed by atoms with E-state index in [1.54, 1.807) is 6.20 Å². The van der Waals surface area contributed by atoms with Crippen LogP contribution in [0.15, 0.2) is 66.9 Å². The van der Waals surface area contributed by atoms with E-state index in [1.807, 2.05) is 74.5 Å². The van der Waals surface area contributed by atoms with Gasteiger partial charge in [-0.05, 0) is 61.7 Å². The van der Waals surface area contributed by atoms with Crippen molar-refractivity contribution in [3.8, 4) is 5.69 Å². The van der Waals surface area contributed by atoms with Gasteiger partial charge in [-0.2, -0.15) is 0 Å². The average molecular weight is 384 g/mol. The standard InChI is InChI=1S/C24H24N4O/c1-17-9-6-12-20(18(17)2)27-23(29)15-7-14-22-26-21-13-8-16-25-24(21)28(22)19-10-4-3-5-11-19/h3-6,8-13,16H,7,14-15H2,1-2H3,(H,27,29). The van der Waals surface area contributed by atoms with Gasteiger partial charge in [0.25, 0.3) is 0 Å². The molecule has 0 unspecified atom stereocenters. The number of rotatable bonds is 6. The Bertz CT molecular complexity index is 1150. The number of aryl methyl sites for hydroxylation is 2. The van der Waals surface area contributed by atoms with Gasteiger partial charge in [-0.15, -0.1) is 0 Å². The van der Waals surface area contributed by atoms with Gasteiger partial charge in [-0.1, -0.05) is 30.3 Å². The molecule has 4 rings (SSSR count). The third-order valence-corrected chi connectivity index (χ3v) is 5.18. The Hall–Kier alpha value is -3.47. The summed E-state index contributed by atoms with van der Waals surface area (Å²) in [5.41, 5.74) is 5.91. The van der Waals surface area contributed by atoms with E-state index in [4.69, 9.17) is 4.98 Å². The highest BCUT2D eigenvalue weighted by Gasteiger charge is 2.14. The highest BCUT2D eigenvalue weighted by atomic mass is 16.1. The van der Waals surface area contributed by atoms with Crippen LogP contribution in [-0.4, -0.2) is 20.4 Å². The molecule has 0 aliphatic rings. The Balaban J connectivity index is 1.49. The monoisotopic (exact) mass is 384 g/mol. The van der Waals surface area contributed by atoms with Crippen LogP contribution in [0, 0.1) is 13.8 Å². The van der Waals surface area contributed by atoms with Crippen molar-refractivity contribution in [2.24, 2.45) is 0 Å². The van der Waals surface area contributed by atoms with Crippen LogP contribution in [0.1, 0.15) is 29.8 Å². The van der Waals surface area contributed by atoms with Crippen molar-refractivity contribution in [1.82, 2.24) is 14.5 Å². The summed E-state index contributed by atoms with van der Waals surface area (Å²) < 4.78 is 2.08. The summed E-state index contributed by atoms with van der Waals surface area (Å²) in [5, 5.41) is 3.03. The summed E-state index contributed by atoms with van der Waals surface area (Å²) in [4.78, 5) is 21.7. The van der Waals surface area contributed by atoms with Gasteiger partial charge in [0, 0.05) is 30.4 Å². The van der Waals surface area contributed by atoms with Crippen molar-refractivity contribution in [3.05, 3.63) is 83.8 Å². The van der Waals surface area contributed by atoms with Crippen LogP contribution in [0.3, 0.4) is 0 Å². The fourth-order valence-electron chi connectivity index (χ4n) is 3.48. The zero-order valence-electron chi connectivity index (χ0n) is 16.7. The minimum Gasteiger partial charge on any atom is -0.326 e. The molecule has 29 heavy (non-hydrogen) atoms. The van der Waals surface area contributed by atoms with Crippen LogP contribution in [-0.2, 0) is 11.2 Å². The van der Waals surface area contributed by atoms with Gasteiger partial charge in [-0.25, -0.2) is 9.97 Å². The molecule has 0 radical (unpaired) electrons. The number of pyridine rings is 1. The van der Waals surface area contributed by atoms with Gasteiger partial charge in [0.15, 0.2) is 5.65 Å². The third-order valence-electron chi connectivity index (χ3n) is 5.18. The van der Waals surface area contributed by atoms with E-state index in [9.17, 15) is 4.79 Å². The van der Waals surface area contributed by atoms with Crippen LogP contribution in [0.2, 0.25) is 0 Å². The van der Waals surface area contributed by atoms with Crippen molar-refractivity contribution in [1.29, 1.82) is 0 Å². The fourth-order valence-corrected chi connectivity index (χ4v) is 3.48. The summed E-state index contributed by atoms with van der Waals surface area (Å²) in [7, 11) is 0. The molecule has 0 bridgehead atoms. The summed E-state index contributed by atoms with van der Waals surface area (Å²) in [5.74, 6) is 0.948. The second-order valence-corrected chi connectivity index (χ2v) is 7.19. The zero-order valence-corrected chi connectivity index (χ0v) is 16.7. The van der Waals surface area contributed by atoms with E-state index in [-0.39, 0.29) is 5.91 Å². The quantitative estimate of drug-likeness (QED) is 0.509. The molecule has 146 valence electrons. The summed E-state index contributed by atoms with van der Waals surface area (Å²) >= 11 is 0. The van der Waals surface area contributed by atoms with E-state index in [2.05, 4.69) is 14.9 Å². The number of benzene rings is 2. The smallest absolute Gasteiger partial charge is 0.224 e. The first-order valence-corrected chi connectivity index (χ1v) is 9.87. The van der Waals surface area contributed by atoms with Crippen LogP contribution in [0.25, 0.3) is 16.9 Å². The number of hydrogen-bond acceptors (Lipinski definition) is 3. The molecule has 2 aromatic heterocycles. The molecule has 0 aliphatic heterocycles. The minimum absolute atomic E-state index is 0.0270. The topological polar surface area (TPSA) is 59.8 Å². The number of imidazole rings is 1. The molecule has 0 fully saturated rings. The molecule has 1 amide bonds. The Morgan fingerprint density at radius 2 is 1.83 bits per heavy atom. The van der Waals surface area contributed by atoms with Crippen molar-refractivity contribution < 1.29 is 4.79 Å². The average Bonchev–Trinajstić information content (AvgIpc) is 3.10. The fraction of sp³-hybridized carbons (Fsp3) is 0.208. The normalized spacial score (nSPS) is 11.0. The first kappa shape index (κ1) is 18.9. The third kappa shape index (κ3) is 4.04. The Kier molecular flexibility index (Phi) is 5.38. The maximum Gasteiger partial charge on any atom is 0.224 e. The van der Waals surface area contributed by atoms with E-state index in [0.717, 1.165) is 33.9 Å². The lowest BCUT2D eigenvalue weighted by Crippen LogP contribution is -2.13. The second-order valence-electron chi connectivity index (χ2n) is 7.19. The number of nitrogens with zero attached hydrogens (tertiary/aromatic N) is 3. The molecule has 0 saturated carbocycles. The maximum atomic E-state index is 12.4. The van der Waals surface area contributed by atoms with Gasteiger partial charge in [0.2, 0.25) is 5.91 Å². The Labute approximate surface area is 170 Å². The van der Waals surface area contributed by atoms with Crippen LogP contribution < -0.4 is 5.32 Å². The van der Waals surface area contributed by atoms with Gasteiger partial charge in [-0.3, -0.25) is 9.36 Å². The first-order valence-electron chi connectivity index (χ1n) is 9.87. The maximum absolute atomic E-state index is 12.4. The number of carbonyl (C=O) groups excluding carboxylic acids is 1. The largest absolute Gasteiger partial charge is 0.326 e. The molecule has 0 atom stereocenters. The number of carbonyl (C=O) groups is 1. The van der Waals surface area contributed by atoms with E-state index in [0.29, 0.717) is 19.3 Å². The van der Waals surface area contributed by atoms with Crippen molar-refractivity contribution in [3.63, 3.8) is 0 Å². The number of anilines is 1. The number of aromatic nitrogens is 3. The first-order chi connectivity index (χ1) is 14.1. The number of amides is 1. The highest BCUT2D eigenvalue weighted by Crippen LogP contribution is 2.22. The molecule has 0 spiro atoms. The minimum atomic E-state index is 0.0270. The zero-order chi connectivity index (χ0) is 20.2. The van der Waals surface area contributed by atoms with Gasteiger partial charge >= 0.3 is 0 Å². The molecular formula is C24H24N4O. The Morgan fingerprint density at radius 1 is 1.00 bits per heavy atom. The predicted octanol–water partition coefficient (Wildman–Crippen LogP) is 5.00. The van der Waals surface area contributed by atoms with Crippen molar-refractivity contribution in [2.75, 3.05) is 5.32 Å². The lowest BCUT2D eigenvalue weighted by Gasteiger charge is -2.11. The number of para-hydroxylation sites is 1. The molecule has 2 aromatic carbocycles. The molecular weight excluding hydrogens is 360 g/mol. The summed E-state index contributed by atoms with van der Waals surface area (Å²) in [6.07, 6.45) is 3.64. The van der Waals surface area contributed by atoms with Crippen LogP contribution in [0.4, 0.5) is 5.69 Å². The summed E-state index contributed by atoms with van der Waals surface area (Å²) in [6.45, 7) is 4.08. The molecule has 1 N–H and O–H groups in total. The molecule has 4 aromatic rings. The SMILES string of the molecule is Cc1cccc(NC(=O)CCCc2nc3cccnc3n2-c2ccccc2)c1C. The number of fused-ring (bicyclic) bond motifs is 1. The number of hydrogen-bond donors (Lipinski definition) is 1. The second kappa shape index (κ2) is 8.27. The van der Waals surface area contributed by atoms with Gasteiger partial charge in [0.1, 0.15) is 11.3 Å². The van der Waals surface area contributed by atoms with Crippen molar-refractivity contribution >= 4 is 22.8 Å². The van der Waals surface area contributed by atoms with Gasteiger partial charge in [0.05, 0.1) is 0 Å². The van der Waals surface area contributed by atoms with E-state index in [1.165, 1.54) is 5.56 Å². The molecule has 5 heteroatoms. The van der Waals surface area contributed by atoms with Gasteiger partial charge < -0.3 is 5.32 Å². The van der Waals surface area contributed by atoms with E-state index >= 15 is 0 Å². The predicted molar refractivity (Wildman–Crippen MR) is 116 cm³/mol. The molecule has 0 aliphatic carbocycles. The summed E-state index contributed by atoms with van der Waals surface area (Å²) in [6, 6.07) is 19.9. The molecule has 5 nitrogen and oxygen atoms in total. The van der Waals surface area contributed by atoms with E-state index < -0.39 is 0 Å². The highest BCUT2D eigenvalue weighted by molar-refractivity contribution is 5.91. The van der Waals surface area contributed by atoms with Crippen molar-refractivity contribution in [2.45, 2.75) is 33.1 Å². The lowest BCUT2D eigenvalue weighted by molar-refractivity contribution is -0.116. The van der Waals surface area contributed by atoms with Crippen LogP contribution in [0.5, 0.6) is 0 Å².